The van der Waals surface area contributed by atoms with Crippen LogP contribution in [0.15, 0.2) is 0 Å². The monoisotopic (exact) mass is 198 g/mol. The van der Waals surface area contributed by atoms with Gasteiger partial charge in [0.15, 0.2) is 0 Å². The zero-order chi connectivity index (χ0) is 10.0. The Balaban J connectivity index is 1.83. The molecule has 2 saturated heterocycles. The molecule has 82 valence electrons. The minimum atomic E-state index is 0.0114. The van der Waals surface area contributed by atoms with E-state index in [1.807, 2.05) is 0 Å². The van der Waals surface area contributed by atoms with Crippen LogP contribution in [0.2, 0.25) is 0 Å². The number of rotatable bonds is 2. The smallest absolute Gasteiger partial charge is 0.0793 e. The van der Waals surface area contributed by atoms with E-state index in [9.17, 15) is 0 Å². The summed E-state index contributed by atoms with van der Waals surface area (Å²) < 4.78 is 5.71. The van der Waals surface area contributed by atoms with Crippen molar-refractivity contribution in [3.8, 4) is 0 Å². The number of nitrogens with zero attached hydrogens (tertiary/aromatic N) is 1. The van der Waals surface area contributed by atoms with Gasteiger partial charge in [-0.1, -0.05) is 6.42 Å². The molecule has 0 aromatic heterocycles. The number of hydrogen-bond donors (Lipinski definition) is 1. The predicted octanol–water partition coefficient (Wildman–Crippen LogP) is 1.54. The summed E-state index contributed by atoms with van der Waals surface area (Å²) in [6, 6.07) is 0.501. The number of piperidine rings is 1. The Hall–Kier alpha value is -0.120. The normalized spacial score (nSPS) is 33.4. The largest absolute Gasteiger partial charge is 0.374 e. The molecule has 2 fully saturated rings. The standard InChI is InChI=1S/C11H22N2O/c1-11(2)10(6-9-14-11)12-13-7-4-3-5-8-13/h10,12H,3-9H2,1-2H3. The molecule has 0 spiro atoms. The molecule has 0 aromatic carbocycles. The maximum absolute atomic E-state index is 5.71. The summed E-state index contributed by atoms with van der Waals surface area (Å²) in [5.74, 6) is 0. The number of nitrogens with one attached hydrogen (secondary N) is 1. The Bertz CT molecular complexity index is 188. The van der Waals surface area contributed by atoms with E-state index in [1.165, 1.54) is 32.4 Å². The highest BCUT2D eigenvalue weighted by Gasteiger charge is 2.36. The lowest BCUT2D eigenvalue weighted by Gasteiger charge is -2.34. The first kappa shape index (κ1) is 10.4. The highest BCUT2D eigenvalue weighted by Crippen LogP contribution is 2.25. The molecular formula is C11H22N2O. The number of hydrazine groups is 1. The third-order valence-electron chi connectivity index (χ3n) is 3.41. The Labute approximate surface area is 86.8 Å². The van der Waals surface area contributed by atoms with Crippen LogP contribution in [0.3, 0.4) is 0 Å². The maximum atomic E-state index is 5.71. The van der Waals surface area contributed by atoms with Crippen molar-refractivity contribution in [1.29, 1.82) is 0 Å². The minimum Gasteiger partial charge on any atom is -0.374 e. The summed E-state index contributed by atoms with van der Waals surface area (Å²) in [6.07, 6.45) is 5.20. The lowest BCUT2D eigenvalue weighted by molar-refractivity contribution is -0.000867. The molecule has 2 aliphatic rings. The van der Waals surface area contributed by atoms with Crippen molar-refractivity contribution in [2.24, 2.45) is 0 Å². The highest BCUT2D eigenvalue weighted by molar-refractivity contribution is 4.89. The molecule has 0 radical (unpaired) electrons. The summed E-state index contributed by atoms with van der Waals surface area (Å²) >= 11 is 0. The second-order valence-corrected chi connectivity index (χ2v) is 4.97. The summed E-state index contributed by atoms with van der Waals surface area (Å²) in [7, 11) is 0. The highest BCUT2D eigenvalue weighted by atomic mass is 16.5. The van der Waals surface area contributed by atoms with Crippen molar-refractivity contribution in [3.05, 3.63) is 0 Å². The number of ether oxygens (including phenoxy) is 1. The fourth-order valence-electron chi connectivity index (χ4n) is 2.35. The second-order valence-electron chi connectivity index (χ2n) is 4.97. The lowest BCUT2D eigenvalue weighted by Crippen LogP contribution is -2.53. The van der Waals surface area contributed by atoms with Crippen LogP contribution in [0.25, 0.3) is 0 Å². The molecule has 2 aliphatic heterocycles. The van der Waals surface area contributed by atoms with Gasteiger partial charge < -0.3 is 4.74 Å². The van der Waals surface area contributed by atoms with Crippen LogP contribution < -0.4 is 5.43 Å². The van der Waals surface area contributed by atoms with E-state index in [1.54, 1.807) is 0 Å². The van der Waals surface area contributed by atoms with Gasteiger partial charge in [0.1, 0.15) is 0 Å². The first-order valence-electron chi connectivity index (χ1n) is 5.83. The lowest BCUT2D eigenvalue weighted by atomic mass is 10.00. The van der Waals surface area contributed by atoms with E-state index in [0.717, 1.165) is 13.0 Å². The van der Waals surface area contributed by atoms with Gasteiger partial charge in [-0.05, 0) is 33.1 Å². The number of hydrogen-bond acceptors (Lipinski definition) is 3. The summed E-state index contributed by atoms with van der Waals surface area (Å²) in [5, 5.41) is 2.38. The molecule has 1 atom stereocenters. The van der Waals surface area contributed by atoms with Crippen molar-refractivity contribution in [1.82, 2.24) is 10.4 Å². The van der Waals surface area contributed by atoms with Gasteiger partial charge in [-0.25, -0.2) is 10.4 Å². The quantitative estimate of drug-likeness (QED) is 0.728. The van der Waals surface area contributed by atoms with Gasteiger partial charge in [0.25, 0.3) is 0 Å². The van der Waals surface area contributed by atoms with Crippen molar-refractivity contribution >= 4 is 0 Å². The summed E-state index contributed by atoms with van der Waals surface area (Å²) in [5.41, 5.74) is 3.63. The summed E-state index contributed by atoms with van der Waals surface area (Å²) in [4.78, 5) is 0. The molecule has 0 aliphatic carbocycles. The molecule has 0 saturated carbocycles. The van der Waals surface area contributed by atoms with Gasteiger partial charge >= 0.3 is 0 Å². The third-order valence-corrected chi connectivity index (χ3v) is 3.41. The Kier molecular flexibility index (Phi) is 3.10. The van der Waals surface area contributed by atoms with Gasteiger partial charge in [-0.3, -0.25) is 0 Å². The molecular weight excluding hydrogens is 176 g/mol. The molecule has 2 rings (SSSR count). The van der Waals surface area contributed by atoms with Gasteiger partial charge in [0, 0.05) is 19.7 Å². The van der Waals surface area contributed by atoms with Crippen molar-refractivity contribution in [2.45, 2.75) is 51.2 Å². The van der Waals surface area contributed by atoms with E-state index in [2.05, 4.69) is 24.3 Å². The van der Waals surface area contributed by atoms with Crippen LogP contribution in [0, 0.1) is 0 Å². The molecule has 14 heavy (non-hydrogen) atoms. The molecule has 3 nitrogen and oxygen atoms in total. The molecule has 2 heterocycles. The maximum Gasteiger partial charge on any atom is 0.0793 e. The van der Waals surface area contributed by atoms with E-state index >= 15 is 0 Å². The zero-order valence-electron chi connectivity index (χ0n) is 9.38. The van der Waals surface area contributed by atoms with Crippen LogP contribution in [-0.2, 0) is 4.74 Å². The second kappa shape index (κ2) is 4.17. The van der Waals surface area contributed by atoms with Crippen molar-refractivity contribution < 1.29 is 4.74 Å². The Morgan fingerprint density at radius 1 is 1.21 bits per heavy atom. The first-order chi connectivity index (χ1) is 6.68. The van der Waals surface area contributed by atoms with E-state index in [4.69, 9.17) is 4.74 Å². The molecule has 0 aromatic rings. The van der Waals surface area contributed by atoms with Crippen LogP contribution in [0.1, 0.15) is 39.5 Å². The Morgan fingerprint density at radius 3 is 2.50 bits per heavy atom. The van der Waals surface area contributed by atoms with Crippen LogP contribution in [0.5, 0.6) is 0 Å². The van der Waals surface area contributed by atoms with E-state index < -0.39 is 0 Å². The Morgan fingerprint density at radius 2 is 1.93 bits per heavy atom. The van der Waals surface area contributed by atoms with Gasteiger partial charge in [-0.2, -0.15) is 0 Å². The fraction of sp³-hybridized carbons (Fsp3) is 1.00. The van der Waals surface area contributed by atoms with E-state index in [0.29, 0.717) is 6.04 Å². The van der Waals surface area contributed by atoms with Crippen LogP contribution in [-0.4, -0.2) is 36.3 Å². The molecule has 0 bridgehead atoms. The SMILES string of the molecule is CC1(C)OCCC1NN1CCCCC1. The third kappa shape index (κ3) is 2.27. The molecule has 3 heteroatoms. The van der Waals surface area contributed by atoms with Crippen LogP contribution in [0.4, 0.5) is 0 Å². The van der Waals surface area contributed by atoms with Gasteiger partial charge in [-0.15, -0.1) is 0 Å². The van der Waals surface area contributed by atoms with E-state index in [-0.39, 0.29) is 5.60 Å². The topological polar surface area (TPSA) is 24.5 Å². The molecule has 1 N–H and O–H groups in total. The van der Waals surface area contributed by atoms with Crippen molar-refractivity contribution in [2.75, 3.05) is 19.7 Å². The summed E-state index contributed by atoms with van der Waals surface area (Å²) in [6.45, 7) is 7.67. The predicted molar refractivity (Wildman–Crippen MR) is 57.0 cm³/mol. The average Bonchev–Trinajstić information content (AvgIpc) is 2.48. The van der Waals surface area contributed by atoms with Crippen LogP contribution >= 0.6 is 0 Å². The molecule has 0 amide bonds. The fourth-order valence-corrected chi connectivity index (χ4v) is 2.35. The van der Waals surface area contributed by atoms with Crippen molar-refractivity contribution in [3.63, 3.8) is 0 Å². The minimum absolute atomic E-state index is 0.0114. The van der Waals surface area contributed by atoms with Gasteiger partial charge in [0.2, 0.25) is 0 Å². The average molecular weight is 198 g/mol. The first-order valence-corrected chi connectivity index (χ1v) is 5.83. The zero-order valence-corrected chi connectivity index (χ0v) is 9.38. The molecule has 1 unspecified atom stereocenters. The van der Waals surface area contributed by atoms with Gasteiger partial charge in [0.05, 0.1) is 11.6 Å².